The number of rotatable bonds is 2. The second kappa shape index (κ2) is 5.34. The van der Waals surface area contributed by atoms with E-state index >= 15 is 0 Å². The fourth-order valence-corrected chi connectivity index (χ4v) is 2.56. The maximum absolute atomic E-state index is 12.8. The molecule has 21 heavy (non-hydrogen) atoms. The first-order valence-corrected chi connectivity index (χ1v) is 7.26. The topological polar surface area (TPSA) is 34.9 Å². The predicted molar refractivity (Wildman–Crippen MR) is 86.5 cm³/mol. The van der Waals surface area contributed by atoms with Crippen LogP contribution in [0.1, 0.15) is 18.3 Å². The van der Waals surface area contributed by atoms with Crippen LogP contribution in [0.3, 0.4) is 0 Å². The Kier molecular flexibility index (Phi) is 3.52. The highest BCUT2D eigenvalue weighted by molar-refractivity contribution is 6.30. The SMILES string of the molecule is CCc1nc2ccc(C)cc2c(=O)n1-c1ccc(Cl)cc1. The van der Waals surface area contributed by atoms with Crippen molar-refractivity contribution < 1.29 is 0 Å². The second-order valence-electron chi connectivity index (χ2n) is 5.02. The molecule has 1 aromatic heterocycles. The number of halogens is 1. The van der Waals surface area contributed by atoms with Gasteiger partial charge in [0.2, 0.25) is 0 Å². The molecule has 0 aliphatic rings. The van der Waals surface area contributed by atoms with Crippen molar-refractivity contribution in [3.05, 3.63) is 69.2 Å². The van der Waals surface area contributed by atoms with Gasteiger partial charge < -0.3 is 0 Å². The molecule has 0 aliphatic carbocycles. The summed E-state index contributed by atoms with van der Waals surface area (Å²) in [6.07, 6.45) is 0.682. The zero-order valence-corrected chi connectivity index (χ0v) is 12.7. The maximum atomic E-state index is 12.8. The van der Waals surface area contributed by atoms with E-state index in [1.807, 2.05) is 44.2 Å². The van der Waals surface area contributed by atoms with Gasteiger partial charge in [0.1, 0.15) is 5.82 Å². The number of hydrogen-bond acceptors (Lipinski definition) is 2. The van der Waals surface area contributed by atoms with Crippen LogP contribution in [0.15, 0.2) is 47.3 Å². The minimum Gasteiger partial charge on any atom is -0.268 e. The minimum atomic E-state index is -0.0390. The molecule has 3 aromatic rings. The lowest BCUT2D eigenvalue weighted by molar-refractivity contribution is 0.833. The van der Waals surface area contributed by atoms with Crippen LogP contribution < -0.4 is 5.56 Å². The molecule has 4 heteroatoms. The molecule has 0 saturated heterocycles. The highest BCUT2D eigenvalue weighted by Gasteiger charge is 2.11. The van der Waals surface area contributed by atoms with Gasteiger partial charge in [-0.2, -0.15) is 0 Å². The molecule has 0 radical (unpaired) electrons. The molecule has 0 atom stereocenters. The van der Waals surface area contributed by atoms with Crippen molar-refractivity contribution in [3.8, 4) is 5.69 Å². The Labute approximate surface area is 127 Å². The summed E-state index contributed by atoms with van der Waals surface area (Å²) >= 11 is 5.93. The Morgan fingerprint density at radius 1 is 1.14 bits per heavy atom. The van der Waals surface area contributed by atoms with Crippen LogP contribution in [0, 0.1) is 6.92 Å². The third-order valence-corrected chi connectivity index (χ3v) is 3.75. The number of nitrogens with zero attached hydrogens (tertiary/aromatic N) is 2. The van der Waals surface area contributed by atoms with Crippen LogP contribution in [0.4, 0.5) is 0 Å². The molecule has 0 bridgehead atoms. The number of hydrogen-bond donors (Lipinski definition) is 0. The van der Waals surface area contributed by atoms with Gasteiger partial charge in [-0.15, -0.1) is 0 Å². The molecule has 3 nitrogen and oxygen atoms in total. The molecular formula is C17H15ClN2O. The van der Waals surface area contributed by atoms with Crippen molar-refractivity contribution in [3.63, 3.8) is 0 Å². The highest BCUT2D eigenvalue weighted by atomic mass is 35.5. The van der Waals surface area contributed by atoms with Crippen LogP contribution in [-0.4, -0.2) is 9.55 Å². The van der Waals surface area contributed by atoms with Gasteiger partial charge in [0, 0.05) is 11.4 Å². The van der Waals surface area contributed by atoms with Crippen molar-refractivity contribution in [1.29, 1.82) is 0 Å². The molecule has 0 N–H and O–H groups in total. The number of aromatic nitrogens is 2. The van der Waals surface area contributed by atoms with E-state index in [2.05, 4.69) is 4.98 Å². The first-order chi connectivity index (χ1) is 10.1. The quantitative estimate of drug-likeness (QED) is 0.719. The van der Waals surface area contributed by atoms with Gasteiger partial charge in [-0.25, -0.2) is 4.98 Å². The van der Waals surface area contributed by atoms with Crippen LogP contribution in [0.2, 0.25) is 5.02 Å². The van der Waals surface area contributed by atoms with E-state index in [1.54, 1.807) is 16.7 Å². The van der Waals surface area contributed by atoms with Crippen molar-refractivity contribution in [2.45, 2.75) is 20.3 Å². The average molecular weight is 299 g/mol. The predicted octanol–water partition coefficient (Wildman–Crippen LogP) is 3.91. The van der Waals surface area contributed by atoms with Gasteiger partial charge >= 0.3 is 0 Å². The first kappa shape index (κ1) is 13.8. The second-order valence-corrected chi connectivity index (χ2v) is 5.46. The Morgan fingerprint density at radius 2 is 1.86 bits per heavy atom. The van der Waals surface area contributed by atoms with Crippen molar-refractivity contribution in [2.24, 2.45) is 0 Å². The van der Waals surface area contributed by atoms with Gasteiger partial charge in [0.15, 0.2) is 0 Å². The summed E-state index contributed by atoms with van der Waals surface area (Å²) in [5.41, 5.74) is 2.54. The molecule has 1 heterocycles. The summed E-state index contributed by atoms with van der Waals surface area (Å²) in [5, 5.41) is 1.29. The third kappa shape index (κ3) is 2.45. The van der Waals surface area contributed by atoms with E-state index < -0.39 is 0 Å². The lowest BCUT2D eigenvalue weighted by atomic mass is 10.1. The van der Waals surface area contributed by atoms with Crippen LogP contribution in [-0.2, 0) is 6.42 Å². The van der Waals surface area contributed by atoms with Crippen molar-refractivity contribution in [1.82, 2.24) is 9.55 Å². The maximum Gasteiger partial charge on any atom is 0.265 e. The Morgan fingerprint density at radius 3 is 2.52 bits per heavy atom. The molecule has 0 unspecified atom stereocenters. The fourth-order valence-electron chi connectivity index (χ4n) is 2.44. The zero-order valence-electron chi connectivity index (χ0n) is 11.9. The lowest BCUT2D eigenvalue weighted by Crippen LogP contribution is -2.23. The summed E-state index contributed by atoms with van der Waals surface area (Å²) in [7, 11) is 0. The molecule has 0 amide bonds. The summed E-state index contributed by atoms with van der Waals surface area (Å²) < 4.78 is 1.66. The Bertz CT molecular complexity index is 866. The van der Waals surface area contributed by atoms with E-state index in [0.717, 1.165) is 22.6 Å². The molecule has 106 valence electrons. The van der Waals surface area contributed by atoms with E-state index in [9.17, 15) is 4.79 Å². The van der Waals surface area contributed by atoms with E-state index in [1.165, 1.54) is 0 Å². The van der Waals surface area contributed by atoms with Gasteiger partial charge in [-0.1, -0.05) is 30.2 Å². The molecule has 2 aromatic carbocycles. The summed E-state index contributed by atoms with van der Waals surface area (Å²) in [5.74, 6) is 0.749. The van der Waals surface area contributed by atoms with Crippen LogP contribution >= 0.6 is 11.6 Å². The Balaban J connectivity index is 2.37. The minimum absolute atomic E-state index is 0.0390. The largest absolute Gasteiger partial charge is 0.268 e. The third-order valence-electron chi connectivity index (χ3n) is 3.49. The van der Waals surface area contributed by atoms with E-state index in [-0.39, 0.29) is 5.56 Å². The normalized spacial score (nSPS) is 11.0. The lowest BCUT2D eigenvalue weighted by Gasteiger charge is -2.12. The number of benzene rings is 2. The van der Waals surface area contributed by atoms with Crippen LogP contribution in [0.25, 0.3) is 16.6 Å². The Hall–Kier alpha value is -2.13. The smallest absolute Gasteiger partial charge is 0.265 e. The summed E-state index contributed by atoms with van der Waals surface area (Å²) in [6.45, 7) is 3.97. The van der Waals surface area contributed by atoms with Crippen molar-refractivity contribution >= 4 is 22.5 Å². The molecule has 0 spiro atoms. The van der Waals surface area contributed by atoms with Gasteiger partial charge in [0.05, 0.1) is 16.6 Å². The number of fused-ring (bicyclic) bond motifs is 1. The molecule has 3 rings (SSSR count). The van der Waals surface area contributed by atoms with Gasteiger partial charge in [0.25, 0.3) is 5.56 Å². The standard InChI is InChI=1S/C17H15ClN2O/c1-3-16-19-15-9-4-11(2)10-14(15)17(21)20(16)13-7-5-12(18)6-8-13/h4-10H,3H2,1-2H3. The van der Waals surface area contributed by atoms with E-state index in [0.29, 0.717) is 16.8 Å². The fraction of sp³-hybridized carbons (Fsp3) is 0.176. The monoisotopic (exact) mass is 298 g/mol. The highest BCUT2D eigenvalue weighted by Crippen LogP contribution is 2.17. The molecule has 0 aliphatic heterocycles. The van der Waals surface area contributed by atoms with E-state index in [4.69, 9.17) is 11.6 Å². The molecular weight excluding hydrogens is 284 g/mol. The molecule has 0 fully saturated rings. The average Bonchev–Trinajstić information content (AvgIpc) is 2.49. The van der Waals surface area contributed by atoms with Gasteiger partial charge in [-0.05, 0) is 43.3 Å². The zero-order chi connectivity index (χ0) is 15.0. The molecule has 0 saturated carbocycles. The van der Waals surface area contributed by atoms with Gasteiger partial charge in [-0.3, -0.25) is 9.36 Å². The van der Waals surface area contributed by atoms with Crippen LogP contribution in [0.5, 0.6) is 0 Å². The number of aryl methyl sites for hydroxylation is 2. The van der Waals surface area contributed by atoms with Crippen molar-refractivity contribution in [2.75, 3.05) is 0 Å². The first-order valence-electron chi connectivity index (χ1n) is 6.88. The summed E-state index contributed by atoms with van der Waals surface area (Å²) in [4.78, 5) is 17.5. The summed E-state index contributed by atoms with van der Waals surface area (Å²) in [6, 6.07) is 13.0.